The highest BCUT2D eigenvalue weighted by Gasteiger charge is 2.55. The van der Waals surface area contributed by atoms with Crippen LogP contribution in [-0.4, -0.2) is 29.2 Å². The molecule has 3 aliphatic rings. The van der Waals surface area contributed by atoms with Gasteiger partial charge in [-0.3, -0.25) is 9.59 Å². The molecule has 0 aromatic carbocycles. The number of hydrogen-bond acceptors (Lipinski definition) is 5. The van der Waals surface area contributed by atoms with Gasteiger partial charge in [0.25, 0.3) is 0 Å². The Hall–Kier alpha value is -1.91. The lowest BCUT2D eigenvalue weighted by Gasteiger charge is -2.23. The minimum atomic E-state index is -0.978. The molecule has 126 valence electrons. The Morgan fingerprint density at radius 3 is 2.62 bits per heavy atom. The largest absolute Gasteiger partial charge is 0.481 e. The number of amides is 1. The highest BCUT2D eigenvalue weighted by atomic mass is 32.1. The number of carbonyl (C=O) groups excluding carboxylic acids is 1. The summed E-state index contributed by atoms with van der Waals surface area (Å²) in [6.45, 7) is 0. The quantitative estimate of drug-likeness (QED) is 0.875. The molecule has 4 atom stereocenters. The number of nitrogens with one attached hydrogen (secondary N) is 1. The number of ether oxygens (including phenoxy) is 1. The van der Waals surface area contributed by atoms with Gasteiger partial charge in [-0.2, -0.15) is 5.26 Å². The van der Waals surface area contributed by atoms with Crippen molar-refractivity contribution in [2.24, 2.45) is 11.8 Å². The third-order valence-electron chi connectivity index (χ3n) is 5.38. The molecule has 7 heteroatoms. The van der Waals surface area contributed by atoms with E-state index in [2.05, 4.69) is 11.4 Å². The molecular weight excluding hydrogens is 328 g/mol. The van der Waals surface area contributed by atoms with E-state index in [9.17, 15) is 20.0 Å². The van der Waals surface area contributed by atoms with Gasteiger partial charge in [0, 0.05) is 4.88 Å². The van der Waals surface area contributed by atoms with Crippen molar-refractivity contribution < 1.29 is 19.4 Å². The summed E-state index contributed by atoms with van der Waals surface area (Å²) in [4.78, 5) is 25.4. The molecule has 3 heterocycles. The molecular formula is C17H18N2O4S. The number of aryl methyl sites for hydroxylation is 1. The predicted molar refractivity (Wildman–Crippen MR) is 86.8 cm³/mol. The molecule has 1 amide bonds. The lowest BCUT2D eigenvalue weighted by Crippen LogP contribution is -2.40. The second-order valence-electron chi connectivity index (χ2n) is 6.70. The normalized spacial score (nSPS) is 30.6. The second-order valence-corrected chi connectivity index (χ2v) is 7.80. The van der Waals surface area contributed by atoms with E-state index < -0.39 is 17.8 Å². The Bertz CT molecular complexity index is 751. The summed E-state index contributed by atoms with van der Waals surface area (Å²) in [5.41, 5.74) is 1.61. The number of anilines is 1. The number of carbonyl (C=O) groups is 2. The van der Waals surface area contributed by atoms with Crippen LogP contribution in [0.2, 0.25) is 0 Å². The van der Waals surface area contributed by atoms with E-state index in [-0.39, 0.29) is 18.1 Å². The van der Waals surface area contributed by atoms with Gasteiger partial charge in [0.05, 0.1) is 29.6 Å². The maximum Gasteiger partial charge on any atom is 0.310 e. The van der Waals surface area contributed by atoms with Crippen molar-refractivity contribution in [3.8, 4) is 6.07 Å². The average molecular weight is 346 g/mol. The summed E-state index contributed by atoms with van der Waals surface area (Å²) in [7, 11) is 0. The Morgan fingerprint density at radius 1 is 1.21 bits per heavy atom. The topological polar surface area (TPSA) is 99.4 Å². The number of aliphatic carboxylic acids is 1. The monoisotopic (exact) mass is 346 g/mol. The molecule has 1 aromatic heterocycles. The molecule has 1 aromatic rings. The number of rotatable bonds is 3. The van der Waals surface area contributed by atoms with Crippen molar-refractivity contribution in [3.05, 3.63) is 16.0 Å². The van der Waals surface area contributed by atoms with Crippen molar-refractivity contribution in [3.63, 3.8) is 0 Å². The van der Waals surface area contributed by atoms with Gasteiger partial charge in [-0.1, -0.05) is 0 Å². The average Bonchev–Trinajstić information content (AvgIpc) is 3.26. The number of carboxylic acid groups (broad SMARTS) is 1. The SMILES string of the molecule is N#Cc1c(NC(=O)[C@H]2[C@@H](C(=O)O)[C@@H]3CC[C@@H]2O3)sc2c1CCCC2. The summed E-state index contributed by atoms with van der Waals surface area (Å²) >= 11 is 1.46. The van der Waals surface area contributed by atoms with Crippen LogP contribution in [0.5, 0.6) is 0 Å². The van der Waals surface area contributed by atoms with E-state index in [4.69, 9.17) is 4.74 Å². The van der Waals surface area contributed by atoms with Crippen LogP contribution >= 0.6 is 11.3 Å². The van der Waals surface area contributed by atoms with Crippen LogP contribution < -0.4 is 5.32 Å². The standard InChI is InChI=1S/C17H18N2O4S/c18-7-9-8-3-1-2-4-12(8)24-16(9)19-15(20)13-10-5-6-11(23-10)14(13)17(21)22/h10-11,13-14H,1-6H2,(H,19,20)(H,21,22)/t10-,11-,13+,14-/m0/s1. The molecule has 2 fully saturated rings. The van der Waals surface area contributed by atoms with E-state index >= 15 is 0 Å². The number of fused-ring (bicyclic) bond motifs is 3. The number of nitrogens with zero attached hydrogens (tertiary/aromatic N) is 1. The number of nitriles is 1. The van der Waals surface area contributed by atoms with Gasteiger partial charge in [-0.15, -0.1) is 11.3 Å². The first-order valence-corrected chi connectivity index (χ1v) is 9.15. The lowest BCUT2D eigenvalue weighted by molar-refractivity contribution is -0.147. The summed E-state index contributed by atoms with van der Waals surface area (Å²) in [6.07, 6.45) is 4.71. The molecule has 24 heavy (non-hydrogen) atoms. The summed E-state index contributed by atoms with van der Waals surface area (Å²) in [5.74, 6) is -2.77. The van der Waals surface area contributed by atoms with Crippen molar-refractivity contribution in [1.29, 1.82) is 5.26 Å². The fourth-order valence-electron chi connectivity index (χ4n) is 4.29. The zero-order valence-corrected chi connectivity index (χ0v) is 13.9. The van der Waals surface area contributed by atoms with Crippen LogP contribution in [0.4, 0.5) is 5.00 Å². The van der Waals surface area contributed by atoms with Gasteiger partial charge >= 0.3 is 5.97 Å². The van der Waals surface area contributed by atoms with Gasteiger partial charge in [0.15, 0.2) is 0 Å². The third kappa shape index (κ3) is 2.33. The summed E-state index contributed by atoms with van der Waals surface area (Å²) in [6, 6.07) is 2.22. The van der Waals surface area contributed by atoms with E-state index in [0.29, 0.717) is 17.0 Å². The first-order chi connectivity index (χ1) is 11.6. The van der Waals surface area contributed by atoms with E-state index in [1.165, 1.54) is 16.2 Å². The zero-order chi connectivity index (χ0) is 16.8. The van der Waals surface area contributed by atoms with Crippen molar-refractivity contribution in [1.82, 2.24) is 0 Å². The molecule has 0 saturated carbocycles. The van der Waals surface area contributed by atoms with Crippen LogP contribution in [0.1, 0.15) is 41.7 Å². The van der Waals surface area contributed by atoms with E-state index in [1.54, 1.807) is 0 Å². The Morgan fingerprint density at radius 2 is 1.92 bits per heavy atom. The molecule has 2 aliphatic heterocycles. The highest BCUT2D eigenvalue weighted by Crippen LogP contribution is 2.45. The van der Waals surface area contributed by atoms with Crippen LogP contribution in [0, 0.1) is 23.2 Å². The first kappa shape index (κ1) is 15.6. The van der Waals surface area contributed by atoms with E-state index in [1.807, 2.05) is 0 Å². The van der Waals surface area contributed by atoms with Gasteiger partial charge in [0.2, 0.25) is 5.91 Å². The van der Waals surface area contributed by atoms with Crippen LogP contribution in [0.15, 0.2) is 0 Å². The lowest BCUT2D eigenvalue weighted by atomic mass is 9.78. The first-order valence-electron chi connectivity index (χ1n) is 8.34. The maximum atomic E-state index is 12.7. The molecule has 4 rings (SSSR count). The zero-order valence-electron chi connectivity index (χ0n) is 13.1. The minimum Gasteiger partial charge on any atom is -0.481 e. The fraction of sp³-hybridized carbons (Fsp3) is 0.588. The Labute approximate surface area is 143 Å². The van der Waals surface area contributed by atoms with Gasteiger partial charge in [0.1, 0.15) is 11.1 Å². The molecule has 1 aliphatic carbocycles. The molecule has 6 nitrogen and oxygen atoms in total. The minimum absolute atomic E-state index is 0.323. The Balaban J connectivity index is 1.60. The van der Waals surface area contributed by atoms with Gasteiger partial charge in [-0.05, 0) is 44.1 Å². The van der Waals surface area contributed by atoms with Crippen LogP contribution in [0.25, 0.3) is 0 Å². The molecule has 2 bridgehead atoms. The van der Waals surface area contributed by atoms with Crippen molar-refractivity contribution in [2.45, 2.75) is 50.7 Å². The molecule has 0 unspecified atom stereocenters. The predicted octanol–water partition coefficient (Wildman–Crippen LogP) is 2.32. The number of carboxylic acids is 1. The highest BCUT2D eigenvalue weighted by molar-refractivity contribution is 7.16. The summed E-state index contributed by atoms with van der Waals surface area (Å²) in [5, 5.41) is 22.3. The van der Waals surface area contributed by atoms with Crippen molar-refractivity contribution in [2.75, 3.05) is 5.32 Å². The van der Waals surface area contributed by atoms with Crippen molar-refractivity contribution >= 4 is 28.2 Å². The van der Waals surface area contributed by atoms with Crippen LogP contribution in [0.3, 0.4) is 0 Å². The molecule has 2 N–H and O–H groups in total. The summed E-state index contributed by atoms with van der Waals surface area (Å²) < 4.78 is 5.65. The van der Waals surface area contributed by atoms with E-state index in [0.717, 1.165) is 37.7 Å². The maximum absolute atomic E-state index is 12.7. The molecule has 0 spiro atoms. The number of thiophene rings is 1. The molecule has 2 saturated heterocycles. The Kier molecular flexibility index (Phi) is 3.82. The fourth-order valence-corrected chi connectivity index (χ4v) is 5.53. The van der Waals surface area contributed by atoms with Gasteiger partial charge < -0.3 is 15.2 Å². The number of hydrogen-bond donors (Lipinski definition) is 2. The second kappa shape index (κ2) is 5.87. The van der Waals surface area contributed by atoms with Gasteiger partial charge in [-0.25, -0.2) is 0 Å². The third-order valence-corrected chi connectivity index (χ3v) is 6.59. The van der Waals surface area contributed by atoms with Crippen LogP contribution in [-0.2, 0) is 27.2 Å². The molecule has 0 radical (unpaired) electrons. The smallest absolute Gasteiger partial charge is 0.310 e.